The molecule has 1 atom stereocenters. The van der Waals surface area contributed by atoms with E-state index in [0.717, 1.165) is 4.47 Å². The van der Waals surface area contributed by atoms with Crippen molar-refractivity contribution in [1.82, 2.24) is 0 Å². The van der Waals surface area contributed by atoms with Crippen LogP contribution in [0, 0.1) is 6.92 Å². The highest BCUT2D eigenvalue weighted by molar-refractivity contribution is 9.10. The van der Waals surface area contributed by atoms with Gasteiger partial charge in [-0.15, -0.1) is 18.3 Å². The lowest BCUT2D eigenvalue weighted by atomic mass is 10.0. The second-order valence-corrected chi connectivity index (χ2v) is 4.56. The predicted octanol–water partition coefficient (Wildman–Crippen LogP) is 4.27. The van der Waals surface area contributed by atoms with Gasteiger partial charge in [0.25, 0.3) is 0 Å². The normalized spacial score (nSPS) is 12.5. The van der Waals surface area contributed by atoms with Gasteiger partial charge in [-0.1, -0.05) is 22.0 Å². The van der Waals surface area contributed by atoms with Crippen LogP contribution in [0.3, 0.4) is 0 Å². The second-order valence-electron chi connectivity index (χ2n) is 2.77. The summed E-state index contributed by atoms with van der Waals surface area (Å²) in [5.41, 5.74) is 1.20. The van der Waals surface area contributed by atoms with E-state index in [9.17, 15) is 0 Å². The standard InChI is InChI=1S/C11H12BrS/c1-4-8(2)9-5-10(12)7-11(6-9)13-3/h4-8H,1-2H2,3H3. The number of hydrogen-bond acceptors (Lipinski definition) is 1. The van der Waals surface area contributed by atoms with E-state index in [-0.39, 0.29) is 5.92 Å². The van der Waals surface area contributed by atoms with Crippen LogP contribution < -0.4 is 0 Å². The molecule has 0 nitrogen and oxygen atoms in total. The Balaban J connectivity index is 3.07. The maximum atomic E-state index is 4.00. The van der Waals surface area contributed by atoms with E-state index < -0.39 is 0 Å². The van der Waals surface area contributed by atoms with E-state index in [1.165, 1.54) is 10.5 Å². The minimum atomic E-state index is 0.170. The molecule has 0 spiro atoms. The van der Waals surface area contributed by atoms with Crippen molar-refractivity contribution in [2.45, 2.75) is 10.8 Å². The molecule has 0 aliphatic rings. The molecule has 1 aromatic rings. The van der Waals surface area contributed by atoms with Crippen molar-refractivity contribution in [1.29, 1.82) is 0 Å². The van der Waals surface area contributed by atoms with Crippen molar-refractivity contribution in [3.05, 3.63) is 47.8 Å². The quantitative estimate of drug-likeness (QED) is 0.574. The summed E-state index contributed by atoms with van der Waals surface area (Å²) in [7, 11) is 0. The molecule has 0 bridgehead atoms. The molecule has 1 unspecified atom stereocenters. The summed E-state index contributed by atoms with van der Waals surface area (Å²) in [4.78, 5) is 1.25. The molecule has 0 aliphatic carbocycles. The minimum Gasteiger partial charge on any atom is -0.130 e. The average Bonchev–Trinajstić information content (AvgIpc) is 2.15. The van der Waals surface area contributed by atoms with E-state index in [2.05, 4.69) is 53.9 Å². The first-order valence-corrected chi connectivity index (χ1v) is 5.99. The van der Waals surface area contributed by atoms with Gasteiger partial charge < -0.3 is 0 Å². The van der Waals surface area contributed by atoms with Crippen LogP contribution in [0.4, 0.5) is 0 Å². The monoisotopic (exact) mass is 255 g/mol. The molecule has 0 N–H and O–H groups in total. The summed E-state index contributed by atoms with van der Waals surface area (Å²) in [6, 6.07) is 6.33. The summed E-state index contributed by atoms with van der Waals surface area (Å²) in [6.07, 6.45) is 3.92. The molecular formula is C11H12BrS. The Bertz CT molecular complexity index is 307. The third kappa shape index (κ3) is 2.89. The van der Waals surface area contributed by atoms with Crippen molar-refractivity contribution in [2.24, 2.45) is 0 Å². The van der Waals surface area contributed by atoms with Crippen molar-refractivity contribution < 1.29 is 0 Å². The van der Waals surface area contributed by atoms with Crippen molar-refractivity contribution in [3.63, 3.8) is 0 Å². The Kier molecular flexibility index (Phi) is 4.07. The lowest BCUT2D eigenvalue weighted by Crippen LogP contribution is -1.89. The van der Waals surface area contributed by atoms with Crippen LogP contribution in [0.5, 0.6) is 0 Å². The van der Waals surface area contributed by atoms with Crippen LogP contribution in [0.15, 0.2) is 40.2 Å². The Morgan fingerprint density at radius 1 is 1.46 bits per heavy atom. The van der Waals surface area contributed by atoms with Gasteiger partial charge in [0.1, 0.15) is 0 Å². The highest BCUT2D eigenvalue weighted by atomic mass is 79.9. The maximum Gasteiger partial charge on any atom is 0.0189 e. The first-order chi connectivity index (χ1) is 6.17. The molecule has 0 fully saturated rings. The van der Waals surface area contributed by atoms with Crippen LogP contribution in [0.25, 0.3) is 0 Å². The highest BCUT2D eigenvalue weighted by Crippen LogP contribution is 2.26. The Morgan fingerprint density at radius 3 is 2.69 bits per heavy atom. The van der Waals surface area contributed by atoms with Crippen molar-refractivity contribution in [2.75, 3.05) is 6.26 Å². The van der Waals surface area contributed by atoms with Gasteiger partial charge >= 0.3 is 0 Å². The fourth-order valence-corrected chi connectivity index (χ4v) is 2.21. The molecule has 0 amide bonds. The Hall–Kier alpha value is -0.210. The van der Waals surface area contributed by atoms with E-state index in [1.54, 1.807) is 11.8 Å². The number of halogens is 1. The van der Waals surface area contributed by atoms with E-state index in [4.69, 9.17) is 0 Å². The molecule has 1 aromatic carbocycles. The zero-order chi connectivity index (χ0) is 9.84. The molecule has 1 rings (SSSR count). The van der Waals surface area contributed by atoms with Gasteiger partial charge in [0.2, 0.25) is 0 Å². The summed E-state index contributed by atoms with van der Waals surface area (Å²) < 4.78 is 1.10. The lowest BCUT2D eigenvalue weighted by Gasteiger charge is -2.08. The first-order valence-electron chi connectivity index (χ1n) is 3.97. The lowest BCUT2D eigenvalue weighted by molar-refractivity contribution is 1.07. The molecule has 2 heteroatoms. The molecule has 0 aromatic heterocycles. The van der Waals surface area contributed by atoms with Gasteiger partial charge in [-0.3, -0.25) is 0 Å². The Morgan fingerprint density at radius 2 is 2.15 bits per heavy atom. The van der Waals surface area contributed by atoms with Gasteiger partial charge in [0, 0.05) is 15.3 Å². The van der Waals surface area contributed by atoms with E-state index in [0.29, 0.717) is 0 Å². The summed E-state index contributed by atoms with van der Waals surface area (Å²) in [6.45, 7) is 7.73. The molecule has 0 saturated heterocycles. The Labute approximate surface area is 92.6 Å². The largest absolute Gasteiger partial charge is 0.130 e. The van der Waals surface area contributed by atoms with Crippen LogP contribution in [0.1, 0.15) is 11.5 Å². The van der Waals surface area contributed by atoms with Crippen LogP contribution >= 0.6 is 27.7 Å². The highest BCUT2D eigenvalue weighted by Gasteiger charge is 2.03. The van der Waals surface area contributed by atoms with Gasteiger partial charge in [0.15, 0.2) is 0 Å². The SMILES string of the molecule is [CH2]C(C=C)c1cc(Br)cc(SC)c1. The third-order valence-electron chi connectivity index (χ3n) is 1.84. The predicted molar refractivity (Wildman–Crippen MR) is 64.2 cm³/mol. The van der Waals surface area contributed by atoms with Crippen molar-refractivity contribution >= 4 is 27.7 Å². The second kappa shape index (κ2) is 4.87. The fourth-order valence-electron chi connectivity index (χ4n) is 1.05. The average molecular weight is 256 g/mol. The van der Waals surface area contributed by atoms with Gasteiger partial charge in [0.05, 0.1) is 0 Å². The van der Waals surface area contributed by atoms with Crippen LogP contribution in [-0.4, -0.2) is 6.26 Å². The number of benzene rings is 1. The first kappa shape index (κ1) is 10.9. The summed E-state index contributed by atoms with van der Waals surface area (Å²) in [5.74, 6) is 0.170. The fraction of sp³-hybridized carbons (Fsp3) is 0.182. The van der Waals surface area contributed by atoms with Gasteiger partial charge in [-0.25, -0.2) is 0 Å². The molecule has 0 saturated carbocycles. The molecule has 1 radical (unpaired) electrons. The summed E-state index contributed by atoms with van der Waals surface area (Å²) >= 11 is 5.21. The zero-order valence-corrected chi connectivity index (χ0v) is 9.99. The number of allylic oxidation sites excluding steroid dienone is 1. The molecular weight excluding hydrogens is 244 g/mol. The van der Waals surface area contributed by atoms with Crippen molar-refractivity contribution in [3.8, 4) is 0 Å². The number of rotatable bonds is 3. The maximum absolute atomic E-state index is 4.00. The topological polar surface area (TPSA) is 0 Å². The van der Waals surface area contributed by atoms with Gasteiger partial charge in [-0.05, 0) is 36.9 Å². The number of hydrogen-bond donors (Lipinski definition) is 0. The van der Waals surface area contributed by atoms with E-state index in [1.807, 2.05) is 6.08 Å². The molecule has 69 valence electrons. The molecule has 0 heterocycles. The van der Waals surface area contributed by atoms with Crippen LogP contribution in [-0.2, 0) is 0 Å². The molecule has 13 heavy (non-hydrogen) atoms. The summed E-state index contributed by atoms with van der Waals surface area (Å²) in [5, 5.41) is 0. The smallest absolute Gasteiger partial charge is 0.0189 e. The zero-order valence-electron chi connectivity index (χ0n) is 7.59. The third-order valence-corrected chi connectivity index (χ3v) is 3.01. The molecule has 0 aliphatic heterocycles. The van der Waals surface area contributed by atoms with E-state index >= 15 is 0 Å². The number of thioether (sulfide) groups is 1. The van der Waals surface area contributed by atoms with Crippen LogP contribution in [0.2, 0.25) is 0 Å². The van der Waals surface area contributed by atoms with Gasteiger partial charge in [-0.2, -0.15) is 0 Å². The minimum absolute atomic E-state index is 0.170.